The molecule has 2 saturated heterocycles. The number of aromatic nitrogens is 3. The molecule has 0 unspecified atom stereocenters. The molecule has 2 aliphatic rings. The second-order valence-electron chi connectivity index (χ2n) is 7.42. The maximum absolute atomic E-state index is 12.6. The standard InChI is InChI=1S/C19H23N5O3/c1-23-11-2-7-19(18(23)26)8-12-24(13-19)16(25)4-3-15-21-17(22-27-15)14-5-9-20-10-6-14/h5-6,9-10H,2-4,7-8,11-13H2,1H3/t19-/m0/s1. The van der Waals surface area contributed by atoms with Crippen LogP contribution < -0.4 is 0 Å². The van der Waals surface area contributed by atoms with Crippen molar-refractivity contribution in [3.63, 3.8) is 0 Å². The lowest BCUT2D eigenvalue weighted by molar-refractivity contribution is -0.144. The molecule has 2 fully saturated rings. The highest BCUT2D eigenvalue weighted by Crippen LogP contribution is 2.39. The minimum atomic E-state index is -0.373. The summed E-state index contributed by atoms with van der Waals surface area (Å²) in [6.45, 7) is 1.98. The van der Waals surface area contributed by atoms with Gasteiger partial charge in [0.2, 0.25) is 23.5 Å². The minimum Gasteiger partial charge on any atom is -0.345 e. The zero-order chi connectivity index (χ0) is 18.9. The molecule has 142 valence electrons. The summed E-state index contributed by atoms with van der Waals surface area (Å²) in [5.74, 6) is 1.16. The maximum atomic E-state index is 12.6. The summed E-state index contributed by atoms with van der Waals surface area (Å²) in [5.41, 5.74) is 0.453. The fourth-order valence-electron chi connectivity index (χ4n) is 4.08. The van der Waals surface area contributed by atoms with Crippen LogP contribution in [0.25, 0.3) is 11.4 Å². The van der Waals surface area contributed by atoms with Gasteiger partial charge in [-0.05, 0) is 31.4 Å². The molecule has 2 aliphatic heterocycles. The van der Waals surface area contributed by atoms with Crippen molar-refractivity contribution in [1.82, 2.24) is 24.9 Å². The summed E-state index contributed by atoms with van der Waals surface area (Å²) in [7, 11) is 1.85. The molecule has 0 aliphatic carbocycles. The number of carbonyl (C=O) groups excluding carboxylic acids is 2. The first-order chi connectivity index (χ1) is 13.1. The second kappa shape index (κ2) is 7.09. The molecule has 4 heterocycles. The topological polar surface area (TPSA) is 92.4 Å². The van der Waals surface area contributed by atoms with Crippen LogP contribution in [-0.2, 0) is 16.0 Å². The van der Waals surface area contributed by atoms with Crippen LogP contribution >= 0.6 is 0 Å². The number of aryl methyl sites for hydroxylation is 1. The number of nitrogens with zero attached hydrogens (tertiary/aromatic N) is 5. The highest BCUT2D eigenvalue weighted by atomic mass is 16.5. The zero-order valence-electron chi connectivity index (χ0n) is 15.4. The van der Waals surface area contributed by atoms with E-state index in [9.17, 15) is 9.59 Å². The lowest BCUT2D eigenvalue weighted by atomic mass is 9.78. The SMILES string of the molecule is CN1CCC[C@@]2(CCN(C(=O)CCc3nc(-c4ccncc4)no3)C2)C1=O. The quantitative estimate of drug-likeness (QED) is 0.812. The minimum absolute atomic E-state index is 0.0385. The van der Waals surface area contributed by atoms with Gasteiger partial charge in [-0.2, -0.15) is 4.98 Å². The molecule has 0 saturated carbocycles. The third kappa shape index (κ3) is 3.43. The smallest absolute Gasteiger partial charge is 0.230 e. The first kappa shape index (κ1) is 17.6. The Morgan fingerprint density at radius 3 is 2.89 bits per heavy atom. The second-order valence-corrected chi connectivity index (χ2v) is 7.42. The molecule has 2 aromatic rings. The van der Waals surface area contributed by atoms with Crippen molar-refractivity contribution in [2.45, 2.75) is 32.1 Å². The van der Waals surface area contributed by atoms with Gasteiger partial charge < -0.3 is 14.3 Å². The van der Waals surface area contributed by atoms with Gasteiger partial charge in [0.1, 0.15) is 0 Å². The molecule has 8 heteroatoms. The van der Waals surface area contributed by atoms with Crippen molar-refractivity contribution in [3.8, 4) is 11.4 Å². The normalized spacial score (nSPS) is 22.6. The van der Waals surface area contributed by atoms with E-state index in [2.05, 4.69) is 15.1 Å². The summed E-state index contributed by atoms with van der Waals surface area (Å²) >= 11 is 0. The number of pyridine rings is 1. The molecule has 2 amide bonds. The number of likely N-dealkylation sites (tertiary alicyclic amines) is 2. The summed E-state index contributed by atoms with van der Waals surface area (Å²) in [5, 5.41) is 3.96. The van der Waals surface area contributed by atoms with Crippen molar-refractivity contribution in [1.29, 1.82) is 0 Å². The van der Waals surface area contributed by atoms with Crippen LogP contribution in [0.15, 0.2) is 29.0 Å². The van der Waals surface area contributed by atoms with Crippen LogP contribution in [-0.4, -0.2) is 63.4 Å². The highest BCUT2D eigenvalue weighted by Gasteiger charge is 2.48. The van der Waals surface area contributed by atoms with E-state index in [0.29, 0.717) is 37.6 Å². The van der Waals surface area contributed by atoms with Gasteiger partial charge >= 0.3 is 0 Å². The van der Waals surface area contributed by atoms with E-state index in [1.165, 1.54) is 0 Å². The Kier molecular flexibility index (Phi) is 4.63. The van der Waals surface area contributed by atoms with E-state index < -0.39 is 0 Å². The van der Waals surface area contributed by atoms with E-state index in [4.69, 9.17) is 4.52 Å². The van der Waals surface area contributed by atoms with Gasteiger partial charge in [0, 0.05) is 57.5 Å². The molecular formula is C19H23N5O3. The van der Waals surface area contributed by atoms with Crippen LogP contribution in [0.3, 0.4) is 0 Å². The average molecular weight is 369 g/mol. The predicted molar refractivity (Wildman–Crippen MR) is 96.4 cm³/mol. The monoisotopic (exact) mass is 369 g/mol. The molecule has 0 bridgehead atoms. The summed E-state index contributed by atoms with van der Waals surface area (Å²) in [4.78, 5) is 37.1. The van der Waals surface area contributed by atoms with Crippen LogP contribution in [0.5, 0.6) is 0 Å². The molecule has 0 aromatic carbocycles. The van der Waals surface area contributed by atoms with E-state index in [1.54, 1.807) is 17.3 Å². The molecular weight excluding hydrogens is 346 g/mol. The average Bonchev–Trinajstić information content (AvgIpc) is 3.33. The van der Waals surface area contributed by atoms with E-state index in [0.717, 1.165) is 31.4 Å². The fourth-order valence-corrected chi connectivity index (χ4v) is 4.08. The molecule has 0 N–H and O–H groups in total. The van der Waals surface area contributed by atoms with Crippen molar-refractivity contribution < 1.29 is 14.1 Å². The van der Waals surface area contributed by atoms with Gasteiger partial charge in [0.15, 0.2) is 0 Å². The Bertz CT molecular complexity index is 837. The summed E-state index contributed by atoms with van der Waals surface area (Å²) < 4.78 is 5.26. The predicted octanol–water partition coefficient (Wildman–Crippen LogP) is 1.54. The van der Waals surface area contributed by atoms with Crippen LogP contribution in [0, 0.1) is 5.41 Å². The number of hydrogen-bond acceptors (Lipinski definition) is 6. The lowest BCUT2D eigenvalue weighted by Gasteiger charge is -2.37. The Morgan fingerprint density at radius 2 is 2.07 bits per heavy atom. The van der Waals surface area contributed by atoms with Gasteiger partial charge in [0.05, 0.1) is 5.41 Å². The molecule has 1 atom stereocenters. The molecule has 4 rings (SSSR count). The lowest BCUT2D eigenvalue weighted by Crippen LogP contribution is -2.48. The first-order valence-corrected chi connectivity index (χ1v) is 9.34. The van der Waals surface area contributed by atoms with Crippen LogP contribution in [0.2, 0.25) is 0 Å². The zero-order valence-corrected chi connectivity index (χ0v) is 15.4. The van der Waals surface area contributed by atoms with Crippen molar-refractivity contribution in [3.05, 3.63) is 30.4 Å². The molecule has 8 nitrogen and oxygen atoms in total. The number of piperidine rings is 1. The highest BCUT2D eigenvalue weighted by molar-refractivity contribution is 5.86. The van der Waals surface area contributed by atoms with E-state index >= 15 is 0 Å². The summed E-state index contributed by atoms with van der Waals surface area (Å²) in [6.07, 6.45) is 6.67. The first-order valence-electron chi connectivity index (χ1n) is 9.34. The number of rotatable bonds is 4. The van der Waals surface area contributed by atoms with Gasteiger partial charge in [-0.3, -0.25) is 14.6 Å². The summed E-state index contributed by atoms with van der Waals surface area (Å²) in [6, 6.07) is 3.61. The molecule has 0 radical (unpaired) electrons. The van der Waals surface area contributed by atoms with Crippen molar-refractivity contribution in [2.24, 2.45) is 5.41 Å². The molecule has 1 spiro atoms. The van der Waals surface area contributed by atoms with Gasteiger partial charge in [-0.15, -0.1) is 0 Å². The largest absolute Gasteiger partial charge is 0.345 e. The Balaban J connectivity index is 1.34. The fraction of sp³-hybridized carbons (Fsp3) is 0.526. The van der Waals surface area contributed by atoms with Gasteiger partial charge in [-0.1, -0.05) is 5.16 Å². The Hall–Kier alpha value is -2.77. The van der Waals surface area contributed by atoms with E-state index in [-0.39, 0.29) is 17.2 Å². The van der Waals surface area contributed by atoms with Crippen molar-refractivity contribution >= 4 is 11.8 Å². The third-order valence-electron chi connectivity index (χ3n) is 5.62. The number of hydrogen-bond donors (Lipinski definition) is 0. The van der Waals surface area contributed by atoms with Crippen molar-refractivity contribution in [2.75, 3.05) is 26.7 Å². The number of amides is 2. The third-order valence-corrected chi connectivity index (χ3v) is 5.62. The van der Waals surface area contributed by atoms with Gasteiger partial charge in [-0.25, -0.2) is 0 Å². The van der Waals surface area contributed by atoms with Gasteiger partial charge in [0.25, 0.3) is 0 Å². The Morgan fingerprint density at radius 1 is 1.26 bits per heavy atom. The Labute approximate surface area is 157 Å². The number of carbonyl (C=O) groups is 2. The van der Waals surface area contributed by atoms with E-state index in [1.807, 2.05) is 24.1 Å². The maximum Gasteiger partial charge on any atom is 0.230 e. The van der Waals surface area contributed by atoms with Crippen LogP contribution in [0.4, 0.5) is 0 Å². The molecule has 2 aromatic heterocycles. The van der Waals surface area contributed by atoms with Crippen LogP contribution in [0.1, 0.15) is 31.6 Å². The molecule has 27 heavy (non-hydrogen) atoms.